The number of thiophene rings is 1. The predicted molar refractivity (Wildman–Crippen MR) is 114 cm³/mol. The smallest absolute Gasteiger partial charge is 0.279 e. The Bertz CT molecular complexity index is 1120. The van der Waals surface area contributed by atoms with E-state index in [0.29, 0.717) is 34.2 Å². The van der Waals surface area contributed by atoms with E-state index in [9.17, 15) is 9.59 Å². The van der Waals surface area contributed by atoms with Crippen LogP contribution >= 0.6 is 11.3 Å². The molecule has 1 aromatic carbocycles. The second-order valence-electron chi connectivity index (χ2n) is 7.47. The van der Waals surface area contributed by atoms with Crippen LogP contribution in [-0.4, -0.2) is 27.5 Å². The molecule has 1 aliphatic carbocycles. The fourth-order valence-corrected chi connectivity index (χ4v) is 5.04. The van der Waals surface area contributed by atoms with Crippen LogP contribution in [0.15, 0.2) is 29.1 Å². The van der Waals surface area contributed by atoms with Crippen LogP contribution in [0.1, 0.15) is 43.7 Å². The molecule has 0 saturated carbocycles. The minimum Gasteiger partial charge on any atom is -0.492 e. The lowest BCUT2D eigenvalue weighted by atomic mass is 9.89. The second-order valence-corrected chi connectivity index (χ2v) is 8.55. The van der Waals surface area contributed by atoms with Crippen molar-refractivity contribution < 1.29 is 9.53 Å². The minimum atomic E-state index is -0.799. The molecule has 152 valence electrons. The maximum Gasteiger partial charge on any atom is 0.279 e. The average Bonchev–Trinajstić information content (AvgIpc) is 3.07. The Kier molecular flexibility index (Phi) is 5.36. The quantitative estimate of drug-likeness (QED) is 0.692. The summed E-state index contributed by atoms with van der Waals surface area (Å²) < 4.78 is 6.74. The van der Waals surface area contributed by atoms with Crippen LogP contribution in [0.2, 0.25) is 0 Å². The number of para-hydroxylation sites is 2. The lowest BCUT2D eigenvalue weighted by molar-refractivity contribution is -0.119. The molecule has 2 aromatic heterocycles. The number of carbonyl (C=O) groups is 1. The Labute approximate surface area is 172 Å². The highest BCUT2D eigenvalue weighted by Gasteiger charge is 2.26. The molecule has 0 unspecified atom stereocenters. The summed E-state index contributed by atoms with van der Waals surface area (Å²) in [5.74, 6) is 0.858. The number of hydrogen-bond donors (Lipinski definition) is 1. The number of amides is 1. The summed E-state index contributed by atoms with van der Waals surface area (Å²) in [6.45, 7) is 6.25. The van der Waals surface area contributed by atoms with Crippen LogP contribution in [-0.2, 0) is 17.6 Å². The monoisotopic (exact) mass is 412 g/mol. The van der Waals surface area contributed by atoms with E-state index in [1.165, 1.54) is 9.56 Å². The van der Waals surface area contributed by atoms with Crippen molar-refractivity contribution in [2.24, 2.45) is 5.92 Å². The van der Waals surface area contributed by atoms with Crippen molar-refractivity contribution in [1.29, 1.82) is 0 Å². The molecule has 3 aromatic rings. The molecule has 0 saturated heterocycles. The van der Waals surface area contributed by atoms with Crippen molar-refractivity contribution in [3.05, 3.63) is 45.1 Å². The van der Waals surface area contributed by atoms with Gasteiger partial charge in [-0.25, -0.2) is 0 Å². The van der Waals surface area contributed by atoms with Crippen LogP contribution in [0.5, 0.6) is 5.75 Å². The number of rotatable bonds is 5. The van der Waals surface area contributed by atoms with Gasteiger partial charge in [0, 0.05) is 4.88 Å². The molecule has 7 nitrogen and oxygen atoms in total. The predicted octanol–water partition coefficient (Wildman–Crippen LogP) is 3.58. The molecule has 29 heavy (non-hydrogen) atoms. The van der Waals surface area contributed by atoms with E-state index >= 15 is 0 Å². The summed E-state index contributed by atoms with van der Waals surface area (Å²) >= 11 is 1.55. The van der Waals surface area contributed by atoms with Crippen molar-refractivity contribution >= 4 is 33.1 Å². The van der Waals surface area contributed by atoms with Crippen LogP contribution in [0.3, 0.4) is 0 Å². The van der Waals surface area contributed by atoms with Crippen LogP contribution in [0, 0.1) is 5.92 Å². The van der Waals surface area contributed by atoms with E-state index in [-0.39, 0.29) is 11.5 Å². The zero-order valence-corrected chi connectivity index (χ0v) is 17.6. The number of nitrogens with zero attached hydrogens (tertiary/aromatic N) is 3. The second kappa shape index (κ2) is 7.94. The highest BCUT2D eigenvalue weighted by atomic mass is 32.1. The maximum absolute atomic E-state index is 13.2. The Hall–Kier alpha value is -2.74. The third-order valence-corrected chi connectivity index (χ3v) is 6.48. The molecular weight excluding hydrogens is 388 g/mol. The largest absolute Gasteiger partial charge is 0.492 e. The van der Waals surface area contributed by atoms with E-state index in [1.54, 1.807) is 30.4 Å². The van der Waals surface area contributed by atoms with Gasteiger partial charge in [-0.2, -0.15) is 4.68 Å². The van der Waals surface area contributed by atoms with Gasteiger partial charge in [0.25, 0.3) is 5.56 Å². The minimum absolute atomic E-state index is 0.247. The van der Waals surface area contributed by atoms with Crippen LogP contribution in [0.4, 0.5) is 5.69 Å². The summed E-state index contributed by atoms with van der Waals surface area (Å²) in [5.41, 5.74) is 1.41. The molecule has 1 amide bonds. The molecule has 4 rings (SSSR count). The maximum atomic E-state index is 13.2. The van der Waals surface area contributed by atoms with Gasteiger partial charge in [-0.05, 0) is 56.7 Å². The first-order valence-electron chi connectivity index (χ1n) is 9.92. The van der Waals surface area contributed by atoms with Gasteiger partial charge in [0.15, 0.2) is 4.83 Å². The summed E-state index contributed by atoms with van der Waals surface area (Å²) in [7, 11) is 0. The molecule has 1 aliphatic rings. The molecule has 1 N–H and O–H groups in total. The third kappa shape index (κ3) is 3.64. The zero-order valence-electron chi connectivity index (χ0n) is 16.8. The first kappa shape index (κ1) is 19.6. The molecule has 2 heterocycles. The lowest BCUT2D eigenvalue weighted by Gasteiger charge is -2.18. The molecule has 0 radical (unpaired) electrons. The van der Waals surface area contributed by atoms with E-state index in [2.05, 4.69) is 22.6 Å². The van der Waals surface area contributed by atoms with Crippen molar-refractivity contribution in [3.8, 4) is 5.75 Å². The van der Waals surface area contributed by atoms with Gasteiger partial charge < -0.3 is 10.1 Å². The first-order valence-corrected chi connectivity index (χ1v) is 10.7. The molecule has 8 heteroatoms. The van der Waals surface area contributed by atoms with Gasteiger partial charge in [-0.15, -0.1) is 16.4 Å². The van der Waals surface area contributed by atoms with E-state index in [4.69, 9.17) is 4.74 Å². The SMILES string of the molecule is CCOc1ccccc1NC(=O)[C@H](C)n1nnc2sc3c(c2c1=O)CC[C@@H](C)C3. The lowest BCUT2D eigenvalue weighted by Crippen LogP contribution is -2.34. The number of benzene rings is 1. The normalized spacial score (nSPS) is 17.0. The molecule has 0 aliphatic heterocycles. The van der Waals surface area contributed by atoms with Gasteiger partial charge in [0.1, 0.15) is 11.8 Å². The van der Waals surface area contributed by atoms with Crippen molar-refractivity contribution in [1.82, 2.24) is 15.0 Å². The van der Waals surface area contributed by atoms with E-state index < -0.39 is 6.04 Å². The molecule has 0 fully saturated rings. The number of anilines is 1. The average molecular weight is 413 g/mol. The summed E-state index contributed by atoms with van der Waals surface area (Å²) in [6.07, 6.45) is 2.91. The number of ether oxygens (including phenoxy) is 1. The van der Waals surface area contributed by atoms with Crippen molar-refractivity contribution in [3.63, 3.8) is 0 Å². The topological polar surface area (TPSA) is 86.1 Å². The summed E-state index contributed by atoms with van der Waals surface area (Å²) in [4.78, 5) is 27.9. The fourth-order valence-electron chi connectivity index (χ4n) is 3.72. The number of aryl methyl sites for hydroxylation is 1. The first-order chi connectivity index (χ1) is 14.0. The van der Waals surface area contributed by atoms with Crippen molar-refractivity contribution in [2.45, 2.75) is 46.1 Å². The standard InChI is InChI=1S/C21H24N4O3S/c1-4-28-16-8-6-5-7-15(16)22-19(26)13(3)25-21(27)18-14-10-9-12(2)11-17(14)29-20(18)23-24-25/h5-8,12-13H,4,9-11H2,1-3H3,(H,22,26)/t12-,13+/m1/s1. The molecule has 0 spiro atoms. The van der Waals surface area contributed by atoms with Crippen LogP contribution < -0.4 is 15.6 Å². The zero-order chi connectivity index (χ0) is 20.5. The summed E-state index contributed by atoms with van der Waals surface area (Å²) in [5, 5.41) is 11.8. The van der Waals surface area contributed by atoms with Gasteiger partial charge in [0.05, 0.1) is 17.7 Å². The fraction of sp³-hybridized carbons (Fsp3) is 0.429. The number of hydrogen-bond acceptors (Lipinski definition) is 6. The highest BCUT2D eigenvalue weighted by Crippen LogP contribution is 2.35. The van der Waals surface area contributed by atoms with Crippen LogP contribution in [0.25, 0.3) is 10.2 Å². The molecule has 2 atom stereocenters. The van der Waals surface area contributed by atoms with Gasteiger partial charge in [-0.3, -0.25) is 9.59 Å². The Morgan fingerprint density at radius 2 is 2.21 bits per heavy atom. The molecular formula is C21H24N4O3S. The summed E-state index contributed by atoms with van der Waals surface area (Å²) in [6, 6.07) is 6.42. The number of nitrogens with one attached hydrogen (secondary N) is 1. The number of aromatic nitrogens is 3. The number of carbonyl (C=O) groups excluding carboxylic acids is 1. The van der Waals surface area contributed by atoms with Crippen molar-refractivity contribution in [2.75, 3.05) is 11.9 Å². The Morgan fingerprint density at radius 1 is 1.41 bits per heavy atom. The molecule has 0 bridgehead atoms. The number of fused-ring (bicyclic) bond motifs is 3. The van der Waals surface area contributed by atoms with Gasteiger partial charge in [-0.1, -0.05) is 24.3 Å². The highest BCUT2D eigenvalue weighted by molar-refractivity contribution is 7.18. The third-order valence-electron chi connectivity index (χ3n) is 5.34. The Balaban J connectivity index is 1.65. The van der Waals surface area contributed by atoms with Gasteiger partial charge in [0.2, 0.25) is 5.91 Å². The van der Waals surface area contributed by atoms with E-state index in [0.717, 1.165) is 24.8 Å². The Morgan fingerprint density at radius 3 is 3.00 bits per heavy atom. The van der Waals surface area contributed by atoms with Gasteiger partial charge >= 0.3 is 0 Å². The van der Waals surface area contributed by atoms with E-state index in [1.807, 2.05) is 19.1 Å².